The number of carbonyl (C=O) groups is 1. The van der Waals surface area contributed by atoms with Gasteiger partial charge in [-0.25, -0.2) is 12.8 Å². The van der Waals surface area contributed by atoms with Crippen LogP contribution in [-0.4, -0.2) is 14.3 Å². The summed E-state index contributed by atoms with van der Waals surface area (Å²) >= 11 is 5.90. The summed E-state index contributed by atoms with van der Waals surface area (Å²) in [6, 6.07) is 7.46. The summed E-state index contributed by atoms with van der Waals surface area (Å²) in [6.07, 6.45) is 0. The van der Waals surface area contributed by atoms with E-state index in [1.54, 1.807) is 0 Å². The van der Waals surface area contributed by atoms with Crippen LogP contribution in [-0.2, 0) is 10.0 Å². The Bertz CT molecular complexity index is 853. The lowest BCUT2D eigenvalue weighted by atomic mass is 10.2. The van der Waals surface area contributed by atoms with Crippen molar-refractivity contribution in [2.45, 2.75) is 11.8 Å². The maximum Gasteiger partial charge on any atom is 0.262 e. The molecular weight excluding hydrogens is 331 g/mol. The average molecular weight is 343 g/mol. The van der Waals surface area contributed by atoms with Crippen LogP contribution in [0.5, 0.6) is 0 Å². The zero-order chi connectivity index (χ0) is 16.5. The molecule has 8 heteroatoms. The van der Waals surface area contributed by atoms with E-state index in [2.05, 4.69) is 4.72 Å². The van der Waals surface area contributed by atoms with E-state index < -0.39 is 21.7 Å². The van der Waals surface area contributed by atoms with Crippen molar-refractivity contribution in [1.29, 1.82) is 0 Å². The highest BCUT2D eigenvalue weighted by Crippen LogP contribution is 2.26. The Hall–Kier alpha value is -2.12. The third kappa shape index (κ3) is 3.37. The summed E-state index contributed by atoms with van der Waals surface area (Å²) in [4.78, 5) is 10.9. The molecule has 0 saturated heterocycles. The zero-order valence-corrected chi connectivity index (χ0v) is 13.0. The molecule has 0 saturated carbocycles. The molecule has 0 aliphatic rings. The van der Waals surface area contributed by atoms with Crippen LogP contribution in [0.4, 0.5) is 10.1 Å². The molecule has 0 aliphatic carbocycles. The average Bonchev–Trinajstić information content (AvgIpc) is 2.43. The van der Waals surface area contributed by atoms with Crippen molar-refractivity contribution in [1.82, 2.24) is 0 Å². The number of primary amides is 1. The van der Waals surface area contributed by atoms with Gasteiger partial charge in [-0.2, -0.15) is 0 Å². The fourth-order valence-electron chi connectivity index (χ4n) is 1.70. The number of nitrogens with two attached hydrogens (primary N) is 1. The van der Waals surface area contributed by atoms with Gasteiger partial charge in [-0.3, -0.25) is 9.52 Å². The largest absolute Gasteiger partial charge is 0.366 e. The van der Waals surface area contributed by atoms with Crippen molar-refractivity contribution in [2.24, 2.45) is 5.73 Å². The van der Waals surface area contributed by atoms with E-state index in [1.807, 2.05) is 0 Å². The number of rotatable bonds is 4. The van der Waals surface area contributed by atoms with Gasteiger partial charge in [0.2, 0.25) is 5.91 Å². The second kappa shape index (κ2) is 5.94. The summed E-state index contributed by atoms with van der Waals surface area (Å²) in [6.45, 7) is 1.52. The number of halogens is 2. The molecule has 3 N–H and O–H groups in total. The van der Waals surface area contributed by atoms with Gasteiger partial charge in [0.25, 0.3) is 10.0 Å². The highest BCUT2D eigenvalue weighted by Gasteiger charge is 2.18. The number of benzene rings is 2. The predicted octanol–water partition coefficient (Wildman–Crippen LogP) is 2.69. The SMILES string of the molecule is Cc1ccc(S(=O)(=O)Nc2cc(C(N)=O)ccc2Cl)cc1F. The fraction of sp³-hybridized carbons (Fsp3) is 0.0714. The van der Waals surface area contributed by atoms with Crippen LogP contribution >= 0.6 is 11.6 Å². The molecule has 116 valence electrons. The Morgan fingerprint density at radius 1 is 1.23 bits per heavy atom. The lowest BCUT2D eigenvalue weighted by Crippen LogP contribution is -2.15. The van der Waals surface area contributed by atoms with Gasteiger partial charge in [0.15, 0.2) is 0 Å². The molecule has 0 spiro atoms. The van der Waals surface area contributed by atoms with Gasteiger partial charge < -0.3 is 5.73 Å². The van der Waals surface area contributed by atoms with E-state index in [9.17, 15) is 17.6 Å². The maximum absolute atomic E-state index is 13.5. The van der Waals surface area contributed by atoms with E-state index in [0.29, 0.717) is 5.56 Å². The summed E-state index contributed by atoms with van der Waals surface area (Å²) in [5.41, 5.74) is 5.54. The second-order valence-electron chi connectivity index (χ2n) is 4.58. The normalized spacial score (nSPS) is 11.2. The van der Waals surface area contributed by atoms with Gasteiger partial charge in [0, 0.05) is 5.56 Å². The first-order valence-corrected chi connectivity index (χ1v) is 7.95. The first-order valence-electron chi connectivity index (χ1n) is 6.09. The number of sulfonamides is 1. The van der Waals surface area contributed by atoms with Gasteiger partial charge in [-0.05, 0) is 42.8 Å². The minimum Gasteiger partial charge on any atom is -0.366 e. The van der Waals surface area contributed by atoms with Gasteiger partial charge in [-0.15, -0.1) is 0 Å². The molecule has 2 rings (SSSR count). The Kier molecular flexibility index (Phi) is 4.39. The van der Waals surface area contributed by atoms with Gasteiger partial charge in [-0.1, -0.05) is 17.7 Å². The van der Waals surface area contributed by atoms with Crippen molar-refractivity contribution in [2.75, 3.05) is 4.72 Å². The highest BCUT2D eigenvalue weighted by molar-refractivity contribution is 7.92. The molecule has 0 aromatic heterocycles. The van der Waals surface area contributed by atoms with E-state index in [-0.39, 0.29) is 21.2 Å². The number of aryl methyl sites for hydroxylation is 1. The Labute approximate surface area is 131 Å². The molecule has 2 aromatic carbocycles. The smallest absolute Gasteiger partial charge is 0.262 e. The fourth-order valence-corrected chi connectivity index (χ4v) is 3.00. The number of nitrogens with one attached hydrogen (secondary N) is 1. The van der Waals surface area contributed by atoms with E-state index in [1.165, 1.54) is 37.3 Å². The number of carbonyl (C=O) groups excluding carboxylic acids is 1. The number of hydrogen-bond donors (Lipinski definition) is 2. The minimum atomic E-state index is -4.04. The molecule has 0 heterocycles. The standard InChI is InChI=1S/C14H12ClFN2O3S/c1-8-2-4-10(7-12(8)16)22(20,21)18-13-6-9(14(17)19)3-5-11(13)15/h2-7,18H,1H3,(H2,17,19). The van der Waals surface area contributed by atoms with Crippen molar-refractivity contribution < 1.29 is 17.6 Å². The molecular formula is C14H12ClFN2O3S. The number of amides is 1. The van der Waals surface area contributed by atoms with Crippen molar-refractivity contribution in [3.05, 3.63) is 58.4 Å². The second-order valence-corrected chi connectivity index (χ2v) is 6.66. The van der Waals surface area contributed by atoms with Gasteiger partial charge in [0.1, 0.15) is 5.82 Å². The van der Waals surface area contributed by atoms with Crippen molar-refractivity contribution >= 4 is 33.2 Å². The quantitative estimate of drug-likeness (QED) is 0.895. The number of anilines is 1. The van der Waals surface area contributed by atoms with E-state index in [4.69, 9.17) is 17.3 Å². The molecule has 1 amide bonds. The molecule has 22 heavy (non-hydrogen) atoms. The van der Waals surface area contributed by atoms with Crippen LogP contribution in [0.1, 0.15) is 15.9 Å². The van der Waals surface area contributed by atoms with Crippen LogP contribution in [0.2, 0.25) is 5.02 Å². The Balaban J connectivity index is 2.42. The number of hydrogen-bond acceptors (Lipinski definition) is 3. The van der Waals surface area contributed by atoms with Crippen molar-refractivity contribution in [3.63, 3.8) is 0 Å². The molecule has 0 fully saturated rings. The van der Waals surface area contributed by atoms with Crippen LogP contribution in [0.3, 0.4) is 0 Å². The Morgan fingerprint density at radius 3 is 2.50 bits per heavy atom. The third-order valence-electron chi connectivity index (χ3n) is 2.95. The Morgan fingerprint density at radius 2 is 1.91 bits per heavy atom. The summed E-state index contributed by atoms with van der Waals surface area (Å²) in [5.74, 6) is -1.36. The molecule has 5 nitrogen and oxygen atoms in total. The summed E-state index contributed by atoms with van der Waals surface area (Å²) in [7, 11) is -4.04. The van der Waals surface area contributed by atoms with Crippen LogP contribution in [0.15, 0.2) is 41.3 Å². The monoisotopic (exact) mass is 342 g/mol. The van der Waals surface area contributed by atoms with Crippen molar-refractivity contribution in [3.8, 4) is 0 Å². The lowest BCUT2D eigenvalue weighted by molar-refractivity contribution is 0.100. The predicted molar refractivity (Wildman–Crippen MR) is 81.9 cm³/mol. The molecule has 0 unspecified atom stereocenters. The molecule has 0 bridgehead atoms. The molecule has 0 aliphatic heterocycles. The zero-order valence-electron chi connectivity index (χ0n) is 11.4. The van der Waals surface area contributed by atoms with Crippen LogP contribution in [0, 0.1) is 12.7 Å². The van der Waals surface area contributed by atoms with Crippen LogP contribution < -0.4 is 10.5 Å². The maximum atomic E-state index is 13.5. The first-order chi connectivity index (χ1) is 10.2. The lowest BCUT2D eigenvalue weighted by Gasteiger charge is -2.11. The van der Waals surface area contributed by atoms with E-state index in [0.717, 1.165) is 6.07 Å². The minimum absolute atomic E-state index is 0.0149. The first kappa shape index (κ1) is 16.3. The van der Waals surface area contributed by atoms with E-state index >= 15 is 0 Å². The topological polar surface area (TPSA) is 89.3 Å². The summed E-state index contributed by atoms with van der Waals surface area (Å²) < 4.78 is 40.2. The summed E-state index contributed by atoms with van der Waals surface area (Å²) in [5, 5.41) is 0.0844. The molecule has 0 radical (unpaired) electrons. The van der Waals surface area contributed by atoms with Gasteiger partial charge >= 0.3 is 0 Å². The third-order valence-corrected chi connectivity index (χ3v) is 4.64. The van der Waals surface area contributed by atoms with Crippen LogP contribution in [0.25, 0.3) is 0 Å². The molecule has 2 aromatic rings. The van der Waals surface area contributed by atoms with Gasteiger partial charge in [0.05, 0.1) is 15.6 Å². The molecule has 0 atom stereocenters. The highest BCUT2D eigenvalue weighted by atomic mass is 35.5.